The highest BCUT2D eigenvalue weighted by Gasteiger charge is 2.14. The van der Waals surface area contributed by atoms with Crippen LogP contribution in [0.25, 0.3) is 0 Å². The summed E-state index contributed by atoms with van der Waals surface area (Å²) < 4.78 is 0. The number of nitrogens with one attached hydrogen (secondary N) is 2. The zero-order chi connectivity index (χ0) is 15.8. The number of hydrogen-bond donors (Lipinski definition) is 2. The van der Waals surface area contributed by atoms with Crippen molar-refractivity contribution in [1.29, 1.82) is 0 Å². The van der Waals surface area contributed by atoms with Gasteiger partial charge in [0.05, 0.1) is 6.54 Å². The second kappa shape index (κ2) is 9.12. The molecule has 0 saturated carbocycles. The molecule has 0 spiro atoms. The van der Waals surface area contributed by atoms with Crippen LogP contribution in [0.1, 0.15) is 16.7 Å². The predicted octanol–water partition coefficient (Wildman–Crippen LogP) is 1.36. The number of rotatable bonds is 6. The van der Waals surface area contributed by atoms with Gasteiger partial charge in [-0.3, -0.25) is 9.89 Å². The summed E-state index contributed by atoms with van der Waals surface area (Å²) in [5, 5.41) is 6.78. The molecule has 2 N–H and O–H groups in total. The molecule has 1 fully saturated rings. The monoisotopic (exact) mass is 323 g/mol. The third kappa shape index (κ3) is 5.59. The van der Waals surface area contributed by atoms with E-state index in [1.54, 1.807) is 0 Å². The van der Waals surface area contributed by atoms with Gasteiger partial charge in [-0.1, -0.05) is 6.92 Å². The van der Waals surface area contributed by atoms with Gasteiger partial charge in [0.1, 0.15) is 0 Å². The summed E-state index contributed by atoms with van der Waals surface area (Å²) in [6, 6.07) is 4.33. The highest BCUT2D eigenvalue weighted by Crippen LogP contribution is 2.14. The van der Waals surface area contributed by atoms with Crippen molar-refractivity contribution in [3.63, 3.8) is 0 Å². The lowest BCUT2D eigenvalue weighted by Crippen LogP contribution is -2.49. The van der Waals surface area contributed by atoms with Gasteiger partial charge in [0.25, 0.3) is 0 Å². The molecule has 1 aromatic rings. The standard InChI is InChI=1S/C16H29N5S/c1-4-20-9-11-21(12-10-20)8-7-18-16(17-3)19-13-15-6-5-14(2)22-15/h5-6H,4,7-13H2,1-3H3,(H2,17,18,19). The van der Waals surface area contributed by atoms with Crippen LogP contribution in [0, 0.1) is 6.92 Å². The number of piperazine rings is 1. The van der Waals surface area contributed by atoms with Crippen molar-refractivity contribution >= 4 is 17.3 Å². The number of guanidine groups is 1. The van der Waals surface area contributed by atoms with E-state index in [1.165, 1.54) is 42.5 Å². The molecule has 0 aromatic carbocycles. The maximum Gasteiger partial charge on any atom is 0.191 e. The van der Waals surface area contributed by atoms with Crippen molar-refractivity contribution in [3.8, 4) is 0 Å². The average molecular weight is 324 g/mol. The predicted molar refractivity (Wildman–Crippen MR) is 95.8 cm³/mol. The Morgan fingerprint density at radius 3 is 2.50 bits per heavy atom. The van der Waals surface area contributed by atoms with Crippen molar-refractivity contribution in [1.82, 2.24) is 20.4 Å². The Morgan fingerprint density at radius 2 is 1.91 bits per heavy atom. The Bertz CT molecular complexity index is 463. The van der Waals surface area contributed by atoms with Crippen LogP contribution in [0.3, 0.4) is 0 Å². The fourth-order valence-corrected chi connectivity index (χ4v) is 3.46. The largest absolute Gasteiger partial charge is 0.355 e. The van der Waals surface area contributed by atoms with Gasteiger partial charge in [-0.15, -0.1) is 11.3 Å². The Labute approximate surface area is 138 Å². The van der Waals surface area contributed by atoms with E-state index in [0.717, 1.165) is 25.6 Å². The number of nitrogens with zero attached hydrogens (tertiary/aromatic N) is 3. The number of aliphatic imine (C=N–C) groups is 1. The summed E-state index contributed by atoms with van der Waals surface area (Å²) in [7, 11) is 1.83. The number of likely N-dealkylation sites (N-methyl/N-ethyl adjacent to an activating group) is 1. The quantitative estimate of drug-likeness (QED) is 0.613. The van der Waals surface area contributed by atoms with E-state index in [0.29, 0.717) is 0 Å². The molecular formula is C16H29N5S. The second-order valence-corrected chi connectivity index (χ2v) is 7.01. The minimum absolute atomic E-state index is 0.841. The van der Waals surface area contributed by atoms with Gasteiger partial charge >= 0.3 is 0 Å². The van der Waals surface area contributed by atoms with Crippen LogP contribution in [0.15, 0.2) is 17.1 Å². The Balaban J connectivity index is 1.62. The smallest absolute Gasteiger partial charge is 0.191 e. The Hall–Kier alpha value is -1.11. The summed E-state index contributed by atoms with van der Waals surface area (Å²) in [5.74, 6) is 0.887. The molecule has 1 aromatic heterocycles. The van der Waals surface area contributed by atoms with Crippen molar-refractivity contribution in [2.45, 2.75) is 20.4 Å². The van der Waals surface area contributed by atoms with E-state index in [4.69, 9.17) is 0 Å². The van der Waals surface area contributed by atoms with Crippen LogP contribution in [0.5, 0.6) is 0 Å². The minimum Gasteiger partial charge on any atom is -0.355 e. The number of hydrogen-bond acceptors (Lipinski definition) is 4. The average Bonchev–Trinajstić information content (AvgIpc) is 2.96. The van der Waals surface area contributed by atoms with Crippen molar-refractivity contribution in [2.75, 3.05) is 52.9 Å². The molecule has 22 heavy (non-hydrogen) atoms. The molecule has 1 saturated heterocycles. The summed E-state index contributed by atoms with van der Waals surface area (Å²) in [6.45, 7) is 13.2. The molecule has 0 unspecified atom stereocenters. The van der Waals surface area contributed by atoms with Crippen molar-refractivity contribution in [3.05, 3.63) is 21.9 Å². The van der Waals surface area contributed by atoms with Crippen LogP contribution < -0.4 is 10.6 Å². The highest BCUT2D eigenvalue weighted by molar-refractivity contribution is 7.11. The second-order valence-electron chi connectivity index (χ2n) is 5.64. The molecule has 0 radical (unpaired) electrons. The van der Waals surface area contributed by atoms with Gasteiger partial charge in [0.2, 0.25) is 0 Å². The zero-order valence-electron chi connectivity index (χ0n) is 14.1. The van der Waals surface area contributed by atoms with Gasteiger partial charge in [0.15, 0.2) is 5.96 Å². The maximum atomic E-state index is 4.29. The lowest BCUT2D eigenvalue weighted by Gasteiger charge is -2.34. The van der Waals surface area contributed by atoms with E-state index < -0.39 is 0 Å². The Kier molecular flexibility index (Phi) is 7.15. The SMILES string of the molecule is CCN1CCN(CCNC(=NC)NCc2ccc(C)s2)CC1. The molecule has 0 atom stereocenters. The van der Waals surface area contributed by atoms with Crippen LogP contribution in [-0.4, -0.2) is 68.6 Å². The van der Waals surface area contributed by atoms with E-state index >= 15 is 0 Å². The first kappa shape index (κ1) is 17.2. The molecule has 1 aliphatic heterocycles. The molecule has 2 rings (SSSR count). The lowest BCUT2D eigenvalue weighted by atomic mass is 10.3. The molecule has 2 heterocycles. The normalized spacial score (nSPS) is 17.7. The van der Waals surface area contributed by atoms with Gasteiger partial charge in [-0.05, 0) is 25.6 Å². The summed E-state index contributed by atoms with van der Waals surface area (Å²) in [6.07, 6.45) is 0. The molecule has 0 bridgehead atoms. The van der Waals surface area contributed by atoms with E-state index in [-0.39, 0.29) is 0 Å². The first-order chi connectivity index (χ1) is 10.7. The number of aryl methyl sites for hydroxylation is 1. The fraction of sp³-hybridized carbons (Fsp3) is 0.688. The first-order valence-electron chi connectivity index (χ1n) is 8.15. The van der Waals surface area contributed by atoms with Crippen molar-refractivity contribution < 1.29 is 0 Å². The molecule has 0 aliphatic carbocycles. The van der Waals surface area contributed by atoms with Crippen LogP contribution in [-0.2, 0) is 6.54 Å². The lowest BCUT2D eigenvalue weighted by molar-refractivity contribution is 0.139. The third-order valence-electron chi connectivity index (χ3n) is 4.08. The van der Waals surface area contributed by atoms with Crippen LogP contribution >= 0.6 is 11.3 Å². The van der Waals surface area contributed by atoms with Gasteiger partial charge in [-0.25, -0.2) is 0 Å². The third-order valence-corrected chi connectivity index (χ3v) is 5.08. The molecule has 5 nitrogen and oxygen atoms in total. The summed E-state index contributed by atoms with van der Waals surface area (Å²) in [4.78, 5) is 12.0. The number of thiophene rings is 1. The van der Waals surface area contributed by atoms with E-state index in [9.17, 15) is 0 Å². The fourth-order valence-electron chi connectivity index (χ4n) is 2.63. The molecule has 6 heteroatoms. The van der Waals surface area contributed by atoms with Crippen LogP contribution in [0.2, 0.25) is 0 Å². The van der Waals surface area contributed by atoms with Gasteiger partial charge in [0, 0.05) is 56.1 Å². The Morgan fingerprint density at radius 1 is 1.18 bits per heavy atom. The van der Waals surface area contributed by atoms with Crippen LogP contribution in [0.4, 0.5) is 0 Å². The summed E-state index contributed by atoms with van der Waals surface area (Å²) >= 11 is 1.83. The maximum absolute atomic E-state index is 4.29. The molecule has 0 amide bonds. The van der Waals surface area contributed by atoms with E-state index in [2.05, 4.69) is 51.4 Å². The summed E-state index contributed by atoms with van der Waals surface area (Å²) in [5.41, 5.74) is 0. The molecular weight excluding hydrogens is 294 g/mol. The van der Waals surface area contributed by atoms with E-state index in [1.807, 2.05) is 18.4 Å². The zero-order valence-corrected chi connectivity index (χ0v) is 14.9. The molecule has 1 aliphatic rings. The highest BCUT2D eigenvalue weighted by atomic mass is 32.1. The topological polar surface area (TPSA) is 42.9 Å². The minimum atomic E-state index is 0.841. The van der Waals surface area contributed by atoms with Gasteiger partial charge in [-0.2, -0.15) is 0 Å². The van der Waals surface area contributed by atoms with Gasteiger partial charge < -0.3 is 15.5 Å². The molecule has 124 valence electrons. The van der Waals surface area contributed by atoms with Crippen molar-refractivity contribution in [2.24, 2.45) is 4.99 Å². The first-order valence-corrected chi connectivity index (χ1v) is 8.97.